The van der Waals surface area contributed by atoms with E-state index >= 15 is 0 Å². The van der Waals surface area contributed by atoms with Gasteiger partial charge in [-0.15, -0.1) is 0 Å². The van der Waals surface area contributed by atoms with E-state index < -0.39 is 26.7 Å². The second-order valence-corrected chi connectivity index (χ2v) is 5.71. The number of nitrogens with one attached hydrogen (secondary N) is 2. The first-order valence-electron chi connectivity index (χ1n) is 4.35. The fraction of sp³-hybridized carbons (Fsp3) is 0.667. The van der Waals surface area contributed by atoms with Gasteiger partial charge < -0.3 is 0 Å². The molecule has 0 spiro atoms. The second-order valence-electron chi connectivity index (χ2n) is 3.37. The average Bonchev–Trinajstić information content (AvgIpc) is 2.03. The quantitative estimate of drug-likeness (QED) is 0.371. The predicted molar refractivity (Wildman–Crippen MR) is 62.2 cm³/mol. The molecule has 1 aliphatic carbocycles. The van der Waals surface area contributed by atoms with Crippen LogP contribution >= 0.6 is 0 Å². The second kappa shape index (κ2) is 6.48. The molecule has 0 aromatic rings. The molecule has 11 heteroatoms. The molecule has 1 rings (SSSR count). The molecule has 1 unspecified atom stereocenters. The van der Waals surface area contributed by atoms with E-state index in [1.165, 1.54) is 6.08 Å². The van der Waals surface area contributed by atoms with E-state index in [-0.39, 0.29) is 42.4 Å². The summed E-state index contributed by atoms with van der Waals surface area (Å²) >= 11 is 0. The molecule has 0 aliphatic heterocycles. The van der Waals surface area contributed by atoms with Crippen LogP contribution in [0.15, 0.2) is 11.8 Å². The summed E-state index contributed by atoms with van der Waals surface area (Å²) in [5.41, 5.74) is 0.302. The van der Waals surface area contributed by atoms with Crippen molar-refractivity contribution in [2.45, 2.75) is 25.3 Å². The summed E-state index contributed by atoms with van der Waals surface area (Å²) in [6.45, 7) is 0. The Morgan fingerprint density at radius 1 is 1.18 bits per heavy atom. The van der Waals surface area contributed by atoms with E-state index in [0.29, 0.717) is 12.1 Å². The van der Waals surface area contributed by atoms with Gasteiger partial charge in [0, 0.05) is 11.7 Å². The molecular weight excluding hydrogens is 283 g/mol. The molecule has 0 fully saturated rings. The molecule has 4 N–H and O–H groups in total. The molecule has 1 atom stereocenters. The zero-order valence-corrected chi connectivity index (χ0v) is 9.75. The molecule has 0 radical (unpaired) electrons. The van der Waals surface area contributed by atoms with E-state index in [1.807, 2.05) is 9.44 Å². The third-order valence-electron chi connectivity index (χ3n) is 1.99. The van der Waals surface area contributed by atoms with Crippen molar-refractivity contribution >= 4 is 50.2 Å². The standard InChI is InChI=1S/C6H12N2O6S2.Na.H/c9-15(10,11)7-5-1-2-6(4-3-5)8-16(12,13)14;;/h1,6-8H,2-4H2,(H,9,10,11)(H,12,13,14);;. The summed E-state index contributed by atoms with van der Waals surface area (Å²) in [7, 11) is -8.53. The maximum absolute atomic E-state index is 10.5. The van der Waals surface area contributed by atoms with Crippen LogP contribution < -0.4 is 9.44 Å². The maximum atomic E-state index is 10.5. The third-order valence-corrected chi connectivity index (χ3v) is 3.14. The number of hydrogen-bond acceptors (Lipinski definition) is 4. The van der Waals surface area contributed by atoms with E-state index in [2.05, 4.69) is 0 Å². The molecular formula is C6H13N2NaO6S2. The van der Waals surface area contributed by atoms with Crippen LogP contribution in [0.2, 0.25) is 0 Å². The van der Waals surface area contributed by atoms with Crippen molar-refractivity contribution < 1.29 is 25.9 Å². The summed E-state index contributed by atoms with van der Waals surface area (Å²) in [4.78, 5) is 0. The Morgan fingerprint density at radius 3 is 2.12 bits per heavy atom. The van der Waals surface area contributed by atoms with Crippen LogP contribution in [0.1, 0.15) is 19.3 Å². The monoisotopic (exact) mass is 296 g/mol. The Labute approximate surface area is 122 Å². The summed E-state index contributed by atoms with van der Waals surface area (Å²) in [5, 5.41) is 0. The molecule has 1 aliphatic rings. The normalized spacial score (nSPS) is 21.3. The Kier molecular flexibility index (Phi) is 6.60. The minimum atomic E-state index is -4.28. The van der Waals surface area contributed by atoms with Gasteiger partial charge in [-0.2, -0.15) is 21.6 Å². The van der Waals surface area contributed by atoms with E-state index in [9.17, 15) is 16.8 Å². The molecule has 0 saturated heterocycles. The van der Waals surface area contributed by atoms with Gasteiger partial charge in [-0.3, -0.25) is 13.8 Å². The molecule has 96 valence electrons. The molecule has 8 nitrogen and oxygen atoms in total. The van der Waals surface area contributed by atoms with Gasteiger partial charge in [0.15, 0.2) is 0 Å². The first-order valence-corrected chi connectivity index (χ1v) is 7.23. The molecule has 0 amide bonds. The molecule has 0 saturated carbocycles. The fourth-order valence-electron chi connectivity index (χ4n) is 1.41. The van der Waals surface area contributed by atoms with Gasteiger partial charge >= 0.3 is 50.2 Å². The van der Waals surface area contributed by atoms with E-state index in [0.717, 1.165) is 0 Å². The van der Waals surface area contributed by atoms with Crippen molar-refractivity contribution in [3.05, 3.63) is 11.8 Å². The van der Waals surface area contributed by atoms with Crippen LogP contribution in [0.3, 0.4) is 0 Å². The Hall–Kier alpha value is 0.320. The van der Waals surface area contributed by atoms with Gasteiger partial charge in [-0.05, 0) is 19.3 Å². The van der Waals surface area contributed by atoms with Crippen LogP contribution in [0.4, 0.5) is 0 Å². The molecule has 0 aromatic heterocycles. The van der Waals surface area contributed by atoms with Gasteiger partial charge in [-0.25, -0.2) is 0 Å². The molecule has 0 aromatic carbocycles. The van der Waals surface area contributed by atoms with Crippen molar-refractivity contribution in [2.75, 3.05) is 0 Å². The van der Waals surface area contributed by atoms with Gasteiger partial charge in [0.2, 0.25) is 0 Å². The minimum absolute atomic E-state index is 0. The number of rotatable bonds is 4. The summed E-state index contributed by atoms with van der Waals surface area (Å²) in [6.07, 6.45) is 2.26. The predicted octanol–water partition coefficient (Wildman–Crippen LogP) is -1.44. The van der Waals surface area contributed by atoms with Crippen molar-refractivity contribution in [1.29, 1.82) is 0 Å². The molecule has 17 heavy (non-hydrogen) atoms. The fourth-order valence-corrected chi connectivity index (χ4v) is 2.56. The zero-order valence-electron chi connectivity index (χ0n) is 8.12. The van der Waals surface area contributed by atoms with Crippen LogP contribution in [0.25, 0.3) is 0 Å². The Balaban J connectivity index is 0.00000256. The van der Waals surface area contributed by atoms with Gasteiger partial charge in [0.1, 0.15) is 0 Å². The Morgan fingerprint density at radius 2 is 1.76 bits per heavy atom. The number of allylic oxidation sites excluding steroid dienone is 1. The summed E-state index contributed by atoms with van der Waals surface area (Å²) in [6, 6.07) is -0.470. The van der Waals surface area contributed by atoms with Gasteiger partial charge in [0.25, 0.3) is 0 Å². The van der Waals surface area contributed by atoms with Crippen LogP contribution in [-0.4, -0.2) is 61.5 Å². The first kappa shape index (κ1) is 17.3. The van der Waals surface area contributed by atoms with E-state index in [1.54, 1.807) is 0 Å². The van der Waals surface area contributed by atoms with Gasteiger partial charge in [0.05, 0.1) is 0 Å². The first-order chi connectivity index (χ1) is 7.16. The van der Waals surface area contributed by atoms with E-state index in [4.69, 9.17) is 9.11 Å². The molecule has 0 heterocycles. The van der Waals surface area contributed by atoms with Crippen molar-refractivity contribution in [3.63, 3.8) is 0 Å². The van der Waals surface area contributed by atoms with Crippen LogP contribution in [0.5, 0.6) is 0 Å². The van der Waals surface area contributed by atoms with Crippen molar-refractivity contribution in [2.24, 2.45) is 0 Å². The average molecular weight is 296 g/mol. The summed E-state index contributed by atoms with van der Waals surface area (Å²) < 4.78 is 62.8. The van der Waals surface area contributed by atoms with Crippen LogP contribution in [0, 0.1) is 0 Å². The summed E-state index contributed by atoms with van der Waals surface area (Å²) in [5.74, 6) is 0. The zero-order chi connectivity index (χ0) is 12.4. The van der Waals surface area contributed by atoms with Crippen LogP contribution in [-0.2, 0) is 20.6 Å². The van der Waals surface area contributed by atoms with Gasteiger partial charge in [-0.1, -0.05) is 6.08 Å². The topological polar surface area (TPSA) is 133 Å². The Bertz CT molecular complexity index is 485. The molecule has 0 bridgehead atoms. The van der Waals surface area contributed by atoms with Crippen molar-refractivity contribution in [3.8, 4) is 0 Å². The number of hydrogen-bond donors (Lipinski definition) is 4. The third kappa shape index (κ3) is 8.11. The van der Waals surface area contributed by atoms with Crippen molar-refractivity contribution in [1.82, 2.24) is 9.44 Å². The SMILES string of the molecule is O=S(=O)(O)NC1=CCC(NS(=O)(=O)O)CC1.[NaH].